The van der Waals surface area contributed by atoms with Crippen LogP contribution in [0.2, 0.25) is 0 Å². The molecular weight excluding hydrogens is 1470 g/mol. The Bertz CT molecular complexity index is 4480. The number of rotatable bonds is 10. The van der Waals surface area contributed by atoms with Crippen LogP contribution in [0.25, 0.3) is 31.3 Å². The van der Waals surface area contributed by atoms with E-state index in [4.69, 9.17) is 50.2 Å². The van der Waals surface area contributed by atoms with Crippen molar-refractivity contribution in [3.8, 4) is 0 Å². The summed E-state index contributed by atoms with van der Waals surface area (Å²) in [6.07, 6.45) is 0.526. The van der Waals surface area contributed by atoms with E-state index in [1.807, 2.05) is 208 Å². The molecule has 6 aromatic carbocycles. The summed E-state index contributed by atoms with van der Waals surface area (Å²) in [6, 6.07) is 43.6. The maximum absolute atomic E-state index is 12.3. The minimum atomic E-state index is -3.62. The van der Waals surface area contributed by atoms with E-state index in [-0.39, 0.29) is 54.4 Å². The molecule has 0 radical (unpaired) electrons. The Balaban J connectivity index is 0.000000190. The SMILES string of the molecule is CC(C)(C)OC(=O)N[C@@H]1c2ccccc2C[C@@H]1O.CC(C)(C)OC(=O)N[C@@H]1c2ccccc2C[C@@H]1OS(C)(=O)=O.CC(C)(C)OC(=O)N[C@@H]1c2ccccc2C[C@H]1N=[N+]=[N-].CN(C(=O)OC(C)(C)C)[C@@H]1c2ccccc2C[C@H]1N=[N+]=[N-].CN(C(=O)OC(C)(C)C)[C@@H]1c2ccccc2C[C@H]1N=[N+]=[N-].N[C@@H]1c2ccccc2C[C@@H]1O. The molecule has 0 aromatic heterocycles. The van der Waals surface area contributed by atoms with E-state index in [2.05, 4.69) is 46.0 Å². The molecule has 608 valence electrons. The van der Waals surface area contributed by atoms with Crippen molar-refractivity contribution < 1.29 is 70.5 Å². The van der Waals surface area contributed by atoms with Crippen molar-refractivity contribution in [2.75, 3.05) is 20.4 Å². The second kappa shape index (κ2) is 38.3. The van der Waals surface area contributed by atoms with E-state index in [1.54, 1.807) is 55.6 Å². The predicted octanol–water partition coefficient (Wildman–Crippen LogP) is 16.1. The van der Waals surface area contributed by atoms with E-state index in [9.17, 15) is 42.6 Å². The molecule has 12 atom stereocenters. The number of likely N-dealkylation sites (N-methyl/N-ethyl adjacent to an activating group) is 2. The smallest absolute Gasteiger partial charge is 0.410 e. The van der Waals surface area contributed by atoms with Gasteiger partial charge in [0, 0.05) is 48.1 Å². The number of aliphatic hydroxyl groups is 2. The van der Waals surface area contributed by atoms with Crippen molar-refractivity contribution in [1.29, 1.82) is 0 Å². The number of nitrogens with two attached hydrogens (primary N) is 1. The lowest BCUT2D eigenvalue weighted by molar-refractivity contribution is 0.0197. The predicted molar refractivity (Wildman–Crippen MR) is 428 cm³/mol. The number of hydrogen-bond acceptors (Lipinski definition) is 19. The molecular formula is C82H109N15O15S. The fourth-order valence-electron chi connectivity index (χ4n) is 13.9. The molecule has 0 aliphatic heterocycles. The number of benzene rings is 6. The van der Waals surface area contributed by atoms with Gasteiger partial charge in [0.05, 0.1) is 72.8 Å². The van der Waals surface area contributed by atoms with Crippen LogP contribution in [0.4, 0.5) is 24.0 Å². The van der Waals surface area contributed by atoms with Gasteiger partial charge in [-0.05, 0) is 206 Å². The van der Waals surface area contributed by atoms with Crippen LogP contribution in [-0.4, -0.2) is 144 Å². The quantitative estimate of drug-likeness (QED) is 0.0244. The Morgan fingerprint density at radius 3 is 1.04 bits per heavy atom. The van der Waals surface area contributed by atoms with Gasteiger partial charge in [0.25, 0.3) is 10.1 Å². The van der Waals surface area contributed by atoms with Crippen LogP contribution in [0.3, 0.4) is 0 Å². The third-order valence-electron chi connectivity index (χ3n) is 18.3. The van der Waals surface area contributed by atoms with E-state index in [1.165, 1.54) is 15.4 Å². The number of fused-ring (bicyclic) bond motifs is 6. The number of carbonyl (C=O) groups excluding carboxylic acids is 5. The van der Waals surface area contributed by atoms with Gasteiger partial charge in [-0.2, -0.15) is 8.42 Å². The number of alkyl carbamates (subject to hydrolysis) is 3. The first kappa shape index (κ1) is 89.6. The maximum atomic E-state index is 12.3. The average molecular weight is 1580 g/mol. The van der Waals surface area contributed by atoms with Gasteiger partial charge in [-0.3, -0.25) is 4.18 Å². The van der Waals surface area contributed by atoms with Gasteiger partial charge in [-0.1, -0.05) is 161 Å². The molecule has 6 aliphatic rings. The van der Waals surface area contributed by atoms with Crippen molar-refractivity contribution in [3.05, 3.63) is 244 Å². The summed E-state index contributed by atoms with van der Waals surface area (Å²) in [5.41, 5.74) is 41.5. The monoisotopic (exact) mass is 1580 g/mol. The molecule has 30 nitrogen and oxygen atoms in total. The molecule has 7 N–H and O–H groups in total. The largest absolute Gasteiger partial charge is 0.444 e. The molecule has 6 aliphatic carbocycles. The van der Waals surface area contributed by atoms with Gasteiger partial charge in [-0.15, -0.1) is 0 Å². The zero-order chi connectivity index (χ0) is 83.7. The molecule has 6 aromatic rings. The molecule has 0 saturated carbocycles. The Kier molecular flexibility index (Phi) is 30.3. The Morgan fingerprint density at radius 1 is 0.407 bits per heavy atom. The van der Waals surface area contributed by atoms with Crippen molar-refractivity contribution >= 4 is 40.6 Å². The van der Waals surface area contributed by atoms with Crippen LogP contribution in [0.1, 0.15) is 207 Å². The highest BCUT2D eigenvalue weighted by Crippen LogP contribution is 2.41. The maximum Gasteiger partial charge on any atom is 0.410 e. The third-order valence-corrected chi connectivity index (χ3v) is 18.9. The molecule has 0 fully saturated rings. The molecule has 5 amide bonds. The second-order valence-electron chi connectivity index (χ2n) is 33.2. The first-order valence-electron chi connectivity index (χ1n) is 37.3. The van der Waals surface area contributed by atoms with Crippen molar-refractivity contribution in [2.24, 2.45) is 21.1 Å². The molecule has 0 heterocycles. The summed E-state index contributed by atoms with van der Waals surface area (Å²) in [6.45, 7) is 27.1. The highest BCUT2D eigenvalue weighted by atomic mass is 32.2. The highest BCUT2D eigenvalue weighted by molar-refractivity contribution is 7.86. The molecule has 113 heavy (non-hydrogen) atoms. The summed E-state index contributed by atoms with van der Waals surface area (Å²) in [5, 5.41) is 39.1. The van der Waals surface area contributed by atoms with E-state index in [0.29, 0.717) is 38.5 Å². The lowest BCUT2D eigenvalue weighted by Crippen LogP contribution is -2.39. The van der Waals surface area contributed by atoms with Gasteiger partial charge in [0.2, 0.25) is 0 Å². The summed E-state index contributed by atoms with van der Waals surface area (Å²) in [4.78, 5) is 71.9. The van der Waals surface area contributed by atoms with Crippen LogP contribution >= 0.6 is 0 Å². The van der Waals surface area contributed by atoms with Crippen LogP contribution in [0.15, 0.2) is 161 Å². The summed E-state index contributed by atoms with van der Waals surface area (Å²) < 4.78 is 54.5. The Morgan fingerprint density at radius 2 is 0.681 bits per heavy atom. The number of hydrogen-bond donors (Lipinski definition) is 6. The fourth-order valence-corrected chi connectivity index (χ4v) is 14.5. The van der Waals surface area contributed by atoms with Crippen LogP contribution in [0, 0.1) is 0 Å². The second-order valence-corrected chi connectivity index (χ2v) is 34.8. The minimum Gasteiger partial charge on any atom is -0.444 e. The third kappa shape index (κ3) is 26.5. The number of nitrogens with zero attached hydrogens (tertiary/aromatic N) is 11. The van der Waals surface area contributed by atoms with Gasteiger partial charge in [0.1, 0.15) is 34.1 Å². The van der Waals surface area contributed by atoms with Crippen molar-refractivity contribution in [3.63, 3.8) is 0 Å². The summed E-state index contributed by atoms with van der Waals surface area (Å²) in [5.74, 6) is 0. The molecule has 0 spiro atoms. The van der Waals surface area contributed by atoms with E-state index < -0.39 is 86.8 Å². The normalized spacial score (nSPS) is 21.7. The van der Waals surface area contributed by atoms with Crippen LogP contribution in [0.5, 0.6) is 0 Å². The minimum absolute atomic E-state index is 0.175. The number of amides is 5. The van der Waals surface area contributed by atoms with Gasteiger partial charge in [-0.25, -0.2) is 24.0 Å². The average Bonchev–Trinajstić information content (AvgIpc) is 1.66. The topological polar surface area (TPSA) is 430 Å². The number of nitrogens with one attached hydrogen (secondary N) is 3. The van der Waals surface area contributed by atoms with Crippen LogP contribution in [-0.2, 0) is 76.5 Å². The van der Waals surface area contributed by atoms with Crippen molar-refractivity contribution in [1.82, 2.24) is 25.8 Å². The van der Waals surface area contributed by atoms with E-state index >= 15 is 0 Å². The van der Waals surface area contributed by atoms with Gasteiger partial charge >= 0.3 is 30.5 Å². The van der Waals surface area contributed by atoms with Crippen molar-refractivity contribution in [2.45, 2.75) is 243 Å². The molecule has 0 saturated heterocycles. The lowest BCUT2D eigenvalue weighted by Gasteiger charge is -2.31. The Labute approximate surface area is 661 Å². The van der Waals surface area contributed by atoms with Gasteiger partial charge in [0.15, 0.2) is 0 Å². The molecule has 0 unspecified atom stereocenters. The molecule has 0 bridgehead atoms. The standard InChI is InChI=1S/2C15H20N4O2.C15H21NO5S.C14H18N4O2.C14H19NO3.C9H11NO/c2*1-15(2,3)21-14(20)19(4)13-11-8-6-5-7-10(11)9-12(13)17-18-16;1-15(2,3)20-14(17)16-13-11-8-6-5-7-10(11)9-12(13)21-22(4,18)19;1-14(2,3)20-13(19)16-12-10-7-5-4-6-9(10)8-11(12)17-18-15;1-14(2,3)18-13(17)15-12-10-7-5-4-6-9(10)8-11(12)16;10-9-7-4-2-1-3-6(7)5-8(9)11/h2*5-8,12-13H,9H2,1-4H3;5-8,12-13H,9H2,1-4H3,(H,16,17);4-7,11-12H,8H2,1-3H3,(H,16,19);4-7,11-12,16H,8H2,1-3H3,(H,15,17);1-4,8-9,11H,5,10H2/t2*12-,13-;12-,13+;11-,12-;11-,12+;8-,9+/m110100/s1. The number of aliphatic hydroxyl groups excluding tert-OH is 2. The van der Waals surface area contributed by atoms with Gasteiger partial charge < -0.3 is 65.4 Å². The summed E-state index contributed by atoms with van der Waals surface area (Å²) >= 11 is 0. The van der Waals surface area contributed by atoms with Crippen LogP contribution < -0.4 is 21.7 Å². The highest BCUT2D eigenvalue weighted by Gasteiger charge is 2.42. The lowest BCUT2D eigenvalue weighted by atomic mass is 10.1. The first-order valence-corrected chi connectivity index (χ1v) is 39.1. The number of ether oxygens (including phenoxy) is 5. The Hall–Kier alpha value is -10.6. The number of azide groups is 3. The zero-order valence-corrected chi connectivity index (χ0v) is 68.5. The molecule has 31 heteroatoms. The number of carbonyl (C=O) groups is 5. The summed E-state index contributed by atoms with van der Waals surface area (Å²) in [7, 11) is -0.259. The zero-order valence-electron chi connectivity index (χ0n) is 67.6. The first-order chi connectivity index (χ1) is 52.8. The molecule has 12 rings (SSSR count). The van der Waals surface area contributed by atoms with E-state index in [0.717, 1.165) is 67.5 Å². The fraction of sp³-hybridized carbons (Fsp3) is 0.500.